The molecule has 3 N–H and O–H groups in total. The number of nitrogens with zero attached hydrogens (tertiary/aromatic N) is 2. The lowest BCUT2D eigenvalue weighted by Crippen LogP contribution is -2.88. The highest BCUT2D eigenvalue weighted by molar-refractivity contribution is 5.77. The average molecular weight is 392 g/mol. The average Bonchev–Trinajstić information content (AvgIpc) is 3.30. The van der Waals surface area contributed by atoms with E-state index in [0.29, 0.717) is 19.6 Å². The SMILES string of the molecule is O=C(C[NH2+][C@H](c1ccccc1)c1ccco1)N1CCN(c2ccc(O)cc2)CC1. The summed E-state index contributed by atoms with van der Waals surface area (Å²) in [4.78, 5) is 17.0. The number of furan rings is 1. The number of anilines is 1. The summed E-state index contributed by atoms with van der Waals surface area (Å²) < 4.78 is 5.62. The van der Waals surface area contributed by atoms with Gasteiger partial charge < -0.3 is 24.6 Å². The third kappa shape index (κ3) is 4.60. The summed E-state index contributed by atoms with van der Waals surface area (Å²) in [5.74, 6) is 1.26. The molecule has 3 aromatic rings. The Kier molecular flexibility index (Phi) is 5.81. The van der Waals surface area contributed by atoms with Gasteiger partial charge in [0.05, 0.1) is 6.26 Å². The number of phenols is 1. The van der Waals surface area contributed by atoms with Gasteiger partial charge in [-0.2, -0.15) is 0 Å². The minimum atomic E-state index is -0.0339. The summed E-state index contributed by atoms with van der Waals surface area (Å²) in [6.45, 7) is 3.35. The quantitative estimate of drug-likeness (QED) is 0.673. The number of carbonyl (C=O) groups is 1. The van der Waals surface area contributed by atoms with Crippen molar-refractivity contribution in [1.82, 2.24) is 4.90 Å². The second-order valence-electron chi connectivity index (χ2n) is 7.23. The first kappa shape index (κ1) is 19.1. The molecule has 1 atom stereocenters. The summed E-state index contributed by atoms with van der Waals surface area (Å²) in [5.41, 5.74) is 2.19. The number of hydrogen-bond acceptors (Lipinski definition) is 4. The van der Waals surface area contributed by atoms with Gasteiger partial charge in [-0.25, -0.2) is 0 Å². The first-order chi connectivity index (χ1) is 14.2. The van der Waals surface area contributed by atoms with E-state index in [9.17, 15) is 9.90 Å². The van der Waals surface area contributed by atoms with Crippen LogP contribution in [0.3, 0.4) is 0 Å². The maximum absolute atomic E-state index is 12.8. The number of piperazine rings is 1. The van der Waals surface area contributed by atoms with E-state index in [1.165, 1.54) is 0 Å². The van der Waals surface area contributed by atoms with Gasteiger partial charge in [0.2, 0.25) is 0 Å². The van der Waals surface area contributed by atoms with Crippen LogP contribution >= 0.6 is 0 Å². The monoisotopic (exact) mass is 392 g/mol. The van der Waals surface area contributed by atoms with Crippen LogP contribution in [0, 0.1) is 0 Å². The van der Waals surface area contributed by atoms with Crippen molar-refractivity contribution in [2.45, 2.75) is 6.04 Å². The van der Waals surface area contributed by atoms with E-state index in [2.05, 4.69) is 17.0 Å². The summed E-state index contributed by atoms with van der Waals surface area (Å²) >= 11 is 0. The fraction of sp³-hybridized carbons (Fsp3) is 0.261. The number of carbonyl (C=O) groups excluding carboxylic acids is 1. The number of benzene rings is 2. The number of hydrogen-bond donors (Lipinski definition) is 2. The Morgan fingerprint density at radius 3 is 2.34 bits per heavy atom. The van der Waals surface area contributed by atoms with Crippen LogP contribution in [0.4, 0.5) is 5.69 Å². The molecule has 1 aromatic heterocycles. The molecule has 1 aliphatic rings. The van der Waals surface area contributed by atoms with E-state index in [-0.39, 0.29) is 17.7 Å². The van der Waals surface area contributed by atoms with Gasteiger partial charge in [-0.1, -0.05) is 30.3 Å². The first-order valence-electron chi connectivity index (χ1n) is 9.94. The Labute approximate surface area is 170 Å². The van der Waals surface area contributed by atoms with Gasteiger partial charge in [0, 0.05) is 37.4 Å². The molecule has 6 nitrogen and oxygen atoms in total. The lowest BCUT2D eigenvalue weighted by molar-refractivity contribution is -0.679. The van der Waals surface area contributed by atoms with Gasteiger partial charge in [0.15, 0.2) is 18.3 Å². The highest BCUT2D eigenvalue weighted by atomic mass is 16.3. The molecule has 0 unspecified atom stereocenters. The molecule has 150 valence electrons. The molecular formula is C23H26N3O3+. The molecule has 0 bridgehead atoms. The van der Waals surface area contributed by atoms with Crippen molar-refractivity contribution in [2.75, 3.05) is 37.6 Å². The maximum Gasteiger partial charge on any atom is 0.277 e. The molecule has 2 aromatic carbocycles. The van der Waals surface area contributed by atoms with Crippen molar-refractivity contribution in [3.63, 3.8) is 0 Å². The third-order valence-electron chi connectivity index (χ3n) is 5.38. The molecule has 0 spiro atoms. The Morgan fingerprint density at radius 1 is 0.966 bits per heavy atom. The fourth-order valence-corrected chi connectivity index (χ4v) is 3.77. The molecule has 1 aliphatic heterocycles. The minimum absolute atomic E-state index is 0.0339. The minimum Gasteiger partial charge on any atom is -0.508 e. The van der Waals surface area contributed by atoms with E-state index >= 15 is 0 Å². The second kappa shape index (κ2) is 8.84. The summed E-state index contributed by atoms with van der Waals surface area (Å²) in [6.07, 6.45) is 1.67. The van der Waals surface area contributed by atoms with Crippen LogP contribution in [0.15, 0.2) is 77.4 Å². The number of amides is 1. The number of nitrogens with two attached hydrogens (primary N) is 1. The van der Waals surface area contributed by atoms with Gasteiger partial charge in [-0.15, -0.1) is 0 Å². The van der Waals surface area contributed by atoms with Crippen LogP contribution in [0.2, 0.25) is 0 Å². The molecule has 29 heavy (non-hydrogen) atoms. The van der Waals surface area contributed by atoms with Crippen molar-refractivity contribution in [3.05, 3.63) is 84.3 Å². The van der Waals surface area contributed by atoms with E-state index in [1.54, 1.807) is 18.4 Å². The lowest BCUT2D eigenvalue weighted by atomic mass is 10.0. The van der Waals surface area contributed by atoms with Crippen molar-refractivity contribution < 1.29 is 19.6 Å². The Morgan fingerprint density at radius 2 is 1.69 bits per heavy atom. The molecule has 1 amide bonds. The normalized spacial score (nSPS) is 15.3. The predicted octanol–water partition coefficient (Wildman–Crippen LogP) is 1.99. The largest absolute Gasteiger partial charge is 0.508 e. The highest BCUT2D eigenvalue weighted by Gasteiger charge is 2.25. The zero-order valence-corrected chi connectivity index (χ0v) is 16.3. The second-order valence-corrected chi connectivity index (χ2v) is 7.23. The fourth-order valence-electron chi connectivity index (χ4n) is 3.77. The Hall–Kier alpha value is -3.25. The van der Waals surface area contributed by atoms with Gasteiger partial charge in [-0.3, -0.25) is 4.79 Å². The molecule has 0 saturated carbocycles. The van der Waals surface area contributed by atoms with Crippen molar-refractivity contribution >= 4 is 11.6 Å². The van der Waals surface area contributed by atoms with Gasteiger partial charge in [0.25, 0.3) is 5.91 Å². The standard InChI is InChI=1S/C23H25N3O3/c27-20-10-8-19(9-11-20)25-12-14-26(15-13-25)22(28)17-24-23(21-7-4-16-29-21)18-5-2-1-3-6-18/h1-11,16,23-24,27H,12-15,17H2/p+1/t23-/m1/s1. The number of quaternary nitrogens is 1. The molecule has 0 aliphatic carbocycles. The van der Waals surface area contributed by atoms with Crippen molar-refractivity contribution in [3.8, 4) is 5.75 Å². The van der Waals surface area contributed by atoms with Crippen molar-refractivity contribution in [1.29, 1.82) is 0 Å². The van der Waals surface area contributed by atoms with Crippen LogP contribution in [-0.2, 0) is 4.79 Å². The van der Waals surface area contributed by atoms with Gasteiger partial charge in [-0.05, 0) is 36.4 Å². The molecule has 6 heteroatoms. The Balaban J connectivity index is 1.34. The van der Waals surface area contributed by atoms with Gasteiger partial charge in [0.1, 0.15) is 5.75 Å². The molecule has 1 fully saturated rings. The summed E-state index contributed by atoms with van der Waals surface area (Å²) in [5, 5.41) is 11.5. The third-order valence-corrected chi connectivity index (χ3v) is 5.38. The topological polar surface area (TPSA) is 73.5 Å². The van der Waals surface area contributed by atoms with Crippen LogP contribution in [0.1, 0.15) is 17.4 Å². The van der Waals surface area contributed by atoms with E-state index < -0.39 is 0 Å². The van der Waals surface area contributed by atoms with E-state index in [4.69, 9.17) is 4.42 Å². The molecular weight excluding hydrogens is 366 g/mol. The van der Waals surface area contributed by atoms with Crippen LogP contribution < -0.4 is 10.2 Å². The lowest BCUT2D eigenvalue weighted by Gasteiger charge is -2.36. The molecule has 2 heterocycles. The predicted molar refractivity (Wildman–Crippen MR) is 111 cm³/mol. The van der Waals surface area contributed by atoms with E-state index in [0.717, 1.165) is 30.1 Å². The molecule has 0 radical (unpaired) electrons. The zero-order valence-electron chi connectivity index (χ0n) is 16.3. The maximum atomic E-state index is 12.8. The van der Waals surface area contributed by atoms with Crippen molar-refractivity contribution in [2.24, 2.45) is 0 Å². The van der Waals surface area contributed by atoms with Crippen LogP contribution in [0.5, 0.6) is 5.75 Å². The summed E-state index contributed by atoms with van der Waals surface area (Å²) in [6, 6.07) is 21.1. The number of rotatable bonds is 6. The Bertz CT molecular complexity index is 902. The smallest absolute Gasteiger partial charge is 0.277 e. The highest BCUT2D eigenvalue weighted by Crippen LogP contribution is 2.20. The first-order valence-corrected chi connectivity index (χ1v) is 9.94. The van der Waals surface area contributed by atoms with Crippen LogP contribution in [0.25, 0.3) is 0 Å². The van der Waals surface area contributed by atoms with E-state index in [1.807, 2.05) is 52.7 Å². The number of phenolic OH excluding ortho intramolecular Hbond substituents is 1. The number of aromatic hydroxyl groups is 1. The zero-order chi connectivity index (χ0) is 20.1. The molecule has 1 saturated heterocycles. The van der Waals surface area contributed by atoms with Crippen LogP contribution in [-0.4, -0.2) is 48.6 Å². The molecule has 4 rings (SSSR count). The summed E-state index contributed by atoms with van der Waals surface area (Å²) in [7, 11) is 0. The van der Waals surface area contributed by atoms with Gasteiger partial charge >= 0.3 is 0 Å².